The van der Waals surface area contributed by atoms with E-state index < -0.39 is 0 Å². The van der Waals surface area contributed by atoms with Gasteiger partial charge in [-0.2, -0.15) is 0 Å². The first kappa shape index (κ1) is 36.4. The molecule has 0 fully saturated rings. The molecular formula is C56H44N2O4. The number of nitrogens with zero attached hydrogens (tertiary/aromatic N) is 2. The zero-order valence-corrected chi connectivity index (χ0v) is 35.5. The second-order valence-electron chi connectivity index (χ2n) is 18.7. The summed E-state index contributed by atoms with van der Waals surface area (Å²) in [5.74, 6) is 0. The molecule has 0 aliphatic carbocycles. The lowest BCUT2D eigenvalue weighted by atomic mass is 9.77. The van der Waals surface area contributed by atoms with Crippen LogP contribution in [0.1, 0.15) is 52.7 Å². The van der Waals surface area contributed by atoms with Crippen LogP contribution in [0.3, 0.4) is 0 Å². The molecule has 0 saturated heterocycles. The van der Waals surface area contributed by atoms with Gasteiger partial charge in [-0.1, -0.05) is 65.8 Å². The molecule has 0 N–H and O–H groups in total. The predicted molar refractivity (Wildman–Crippen MR) is 256 cm³/mol. The first-order chi connectivity index (χ1) is 30.0. The van der Waals surface area contributed by atoms with Gasteiger partial charge in [0.25, 0.3) is 0 Å². The molecule has 62 heavy (non-hydrogen) atoms. The lowest BCUT2D eigenvalue weighted by molar-refractivity contribution is 0.595. The summed E-state index contributed by atoms with van der Waals surface area (Å²) >= 11 is 0. The van der Waals surface area contributed by atoms with Gasteiger partial charge in [0, 0.05) is 55.1 Å². The second-order valence-corrected chi connectivity index (χ2v) is 18.7. The van der Waals surface area contributed by atoms with Gasteiger partial charge < -0.3 is 27.5 Å². The van der Waals surface area contributed by atoms with Crippen molar-refractivity contribution in [3.8, 4) is 0 Å². The van der Waals surface area contributed by atoms with Crippen LogP contribution in [0.4, 0.5) is 34.1 Å². The third-order valence-corrected chi connectivity index (χ3v) is 12.7. The zero-order valence-electron chi connectivity index (χ0n) is 35.5. The summed E-state index contributed by atoms with van der Waals surface area (Å²) in [6.07, 6.45) is 7.05. The molecule has 0 aliphatic rings. The van der Waals surface area contributed by atoms with E-state index in [4.69, 9.17) is 17.7 Å². The monoisotopic (exact) mass is 808 g/mol. The minimum atomic E-state index is -0.187. The topological polar surface area (TPSA) is 59.0 Å². The van der Waals surface area contributed by atoms with Crippen molar-refractivity contribution >= 4 is 110 Å². The number of anilines is 6. The van der Waals surface area contributed by atoms with Gasteiger partial charge >= 0.3 is 0 Å². The third kappa shape index (κ3) is 5.56. The summed E-state index contributed by atoms with van der Waals surface area (Å²) in [5.41, 5.74) is 12.0. The normalized spacial score (nSPS) is 12.7. The van der Waals surface area contributed by atoms with Gasteiger partial charge in [0.2, 0.25) is 0 Å². The molecule has 0 bridgehead atoms. The maximum atomic E-state index is 5.85. The molecule has 6 nitrogen and oxygen atoms in total. The molecule has 0 amide bonds. The van der Waals surface area contributed by atoms with E-state index in [0.29, 0.717) is 0 Å². The van der Waals surface area contributed by atoms with Crippen molar-refractivity contribution in [2.24, 2.45) is 0 Å². The summed E-state index contributed by atoms with van der Waals surface area (Å²) in [5, 5.41) is 11.6. The van der Waals surface area contributed by atoms with E-state index in [0.717, 1.165) is 78.0 Å². The molecule has 12 aromatic rings. The fourth-order valence-electron chi connectivity index (χ4n) is 9.79. The summed E-state index contributed by atoms with van der Waals surface area (Å²) in [6, 6.07) is 48.4. The number of hydrogen-bond donors (Lipinski definition) is 0. The molecule has 302 valence electrons. The fraction of sp³-hybridized carbons (Fsp3) is 0.143. The van der Waals surface area contributed by atoms with Gasteiger partial charge in [0.15, 0.2) is 0 Å². The number of hydrogen-bond acceptors (Lipinski definition) is 6. The highest BCUT2D eigenvalue weighted by Crippen LogP contribution is 2.52. The van der Waals surface area contributed by atoms with Crippen LogP contribution >= 0.6 is 0 Å². The van der Waals surface area contributed by atoms with Crippen LogP contribution in [0.25, 0.3) is 76.2 Å². The quantitative estimate of drug-likeness (QED) is 0.156. The predicted octanol–water partition coefficient (Wildman–Crippen LogP) is 17.1. The van der Waals surface area contributed by atoms with Crippen molar-refractivity contribution in [2.75, 3.05) is 9.80 Å². The van der Waals surface area contributed by atoms with Crippen molar-refractivity contribution in [3.63, 3.8) is 0 Å². The molecular weight excluding hydrogens is 765 g/mol. The van der Waals surface area contributed by atoms with Gasteiger partial charge in [0.05, 0.1) is 36.4 Å². The molecule has 8 aromatic carbocycles. The Balaban J connectivity index is 1.22. The lowest BCUT2D eigenvalue weighted by Crippen LogP contribution is -2.17. The van der Waals surface area contributed by atoms with E-state index in [-0.39, 0.29) is 10.8 Å². The van der Waals surface area contributed by atoms with Crippen LogP contribution in [0, 0.1) is 0 Å². The summed E-state index contributed by atoms with van der Waals surface area (Å²) in [6.45, 7) is 14.0. The van der Waals surface area contributed by atoms with Crippen molar-refractivity contribution < 1.29 is 17.7 Å². The third-order valence-electron chi connectivity index (χ3n) is 12.7. The fourth-order valence-corrected chi connectivity index (χ4v) is 9.79. The van der Waals surface area contributed by atoms with Crippen LogP contribution in [0.2, 0.25) is 0 Å². The van der Waals surface area contributed by atoms with Crippen molar-refractivity contribution in [2.45, 2.75) is 52.4 Å². The largest absolute Gasteiger partial charge is 0.464 e. The molecule has 0 radical (unpaired) electrons. The highest BCUT2D eigenvalue weighted by molar-refractivity contribution is 6.29. The second kappa shape index (κ2) is 13.0. The van der Waals surface area contributed by atoms with Crippen LogP contribution in [-0.4, -0.2) is 0 Å². The zero-order chi connectivity index (χ0) is 42.1. The molecule has 0 unspecified atom stereocenters. The number of fused-ring (bicyclic) bond motifs is 4. The smallest absolute Gasteiger partial charge is 0.133 e. The summed E-state index contributed by atoms with van der Waals surface area (Å²) in [7, 11) is 0. The maximum Gasteiger partial charge on any atom is 0.133 e. The first-order valence-corrected chi connectivity index (χ1v) is 21.3. The minimum absolute atomic E-state index is 0.187. The average Bonchev–Trinajstić information content (AvgIpc) is 4.10. The highest BCUT2D eigenvalue weighted by atomic mass is 16.3. The van der Waals surface area contributed by atoms with Gasteiger partial charge in [-0.15, -0.1) is 0 Å². The van der Waals surface area contributed by atoms with Crippen LogP contribution in [0.15, 0.2) is 176 Å². The van der Waals surface area contributed by atoms with E-state index in [1.165, 1.54) is 43.4 Å². The number of benzene rings is 8. The molecule has 0 atom stereocenters. The Morgan fingerprint density at radius 3 is 0.903 bits per heavy atom. The first-order valence-electron chi connectivity index (χ1n) is 21.3. The molecule has 0 saturated carbocycles. The summed E-state index contributed by atoms with van der Waals surface area (Å²) < 4.78 is 23.4. The van der Waals surface area contributed by atoms with Crippen LogP contribution < -0.4 is 9.80 Å². The summed E-state index contributed by atoms with van der Waals surface area (Å²) in [4.78, 5) is 4.83. The molecule has 4 aromatic heterocycles. The van der Waals surface area contributed by atoms with Crippen LogP contribution in [0.5, 0.6) is 0 Å². The average molecular weight is 809 g/mol. The molecule has 12 rings (SSSR count). The van der Waals surface area contributed by atoms with E-state index in [2.05, 4.69) is 161 Å². The van der Waals surface area contributed by atoms with Gasteiger partial charge in [-0.05, 0) is 153 Å². The Morgan fingerprint density at radius 1 is 0.323 bits per heavy atom. The van der Waals surface area contributed by atoms with Crippen molar-refractivity contribution in [1.29, 1.82) is 0 Å². The van der Waals surface area contributed by atoms with Gasteiger partial charge in [-0.3, -0.25) is 0 Å². The van der Waals surface area contributed by atoms with E-state index in [1.807, 2.05) is 24.3 Å². The van der Waals surface area contributed by atoms with Gasteiger partial charge in [-0.25, -0.2) is 0 Å². The molecule has 0 spiro atoms. The van der Waals surface area contributed by atoms with E-state index in [1.54, 1.807) is 25.1 Å². The minimum Gasteiger partial charge on any atom is -0.464 e. The number of furan rings is 4. The van der Waals surface area contributed by atoms with Crippen molar-refractivity contribution in [3.05, 3.63) is 170 Å². The SMILES string of the molecule is CC(C)(C)c1cc(N(c2ccc3occc3c2)c2ccc3occc3c2)c2ccc3c(C(C)(C)C)cc(N(c4ccc5occc5c4)c4ccc5occc5c4)c4ccc1c2c43. The Hall–Kier alpha value is -7.44. The molecule has 6 heteroatoms. The molecule has 0 aliphatic heterocycles. The maximum absolute atomic E-state index is 5.85. The Bertz CT molecular complexity index is 3300. The van der Waals surface area contributed by atoms with Crippen LogP contribution in [-0.2, 0) is 10.8 Å². The Kier molecular flexibility index (Phi) is 7.65. The number of rotatable bonds is 6. The Labute approximate surface area is 358 Å². The Morgan fingerprint density at radius 2 is 0.613 bits per heavy atom. The standard InChI is InChI=1S/C56H44N2O4/c1-55(2,3)45-31-47(57(37-7-15-49-33(27-37)19-23-59-49)38-8-16-50-34(28-38)20-24-60-50)43-14-12-42-46(56(4,5)6)32-48(44-13-11-41(45)53(43)54(42)44)58(39-9-17-51-35(29-39)21-25-61-51)40-10-18-52-36(30-40)22-26-62-52/h7-32H,1-6H3. The van der Waals surface area contributed by atoms with E-state index in [9.17, 15) is 0 Å². The molecule has 4 heterocycles. The lowest BCUT2D eigenvalue weighted by Gasteiger charge is -2.33. The highest BCUT2D eigenvalue weighted by Gasteiger charge is 2.30. The van der Waals surface area contributed by atoms with Gasteiger partial charge in [0.1, 0.15) is 22.3 Å². The van der Waals surface area contributed by atoms with Crippen molar-refractivity contribution in [1.82, 2.24) is 0 Å². The van der Waals surface area contributed by atoms with E-state index >= 15 is 0 Å².